The van der Waals surface area contributed by atoms with Gasteiger partial charge in [-0.15, -0.1) is 0 Å². The molecule has 154 valence electrons. The van der Waals surface area contributed by atoms with Crippen molar-refractivity contribution >= 4 is 11.9 Å². The second-order valence-corrected chi connectivity index (χ2v) is 7.51. The fourth-order valence-electron chi connectivity index (χ4n) is 3.81. The van der Waals surface area contributed by atoms with Gasteiger partial charge < -0.3 is 16.0 Å². The molecule has 8 heteroatoms. The largest absolute Gasteiger partial charge is 0.369 e. The van der Waals surface area contributed by atoms with Gasteiger partial charge in [0.25, 0.3) is 0 Å². The summed E-state index contributed by atoms with van der Waals surface area (Å²) < 4.78 is 14.5. The molecular formula is C22H22FN5O2. The van der Waals surface area contributed by atoms with E-state index in [9.17, 15) is 14.0 Å². The van der Waals surface area contributed by atoms with Crippen molar-refractivity contribution in [1.29, 1.82) is 0 Å². The van der Waals surface area contributed by atoms with Gasteiger partial charge in [-0.3, -0.25) is 9.59 Å². The number of nitrogens with two attached hydrogens (primary N) is 1. The Morgan fingerprint density at radius 3 is 2.57 bits per heavy atom. The fraction of sp³-hybridized carbons (Fsp3) is 0.273. The smallest absolute Gasteiger partial charge is 0.248 e. The zero-order valence-corrected chi connectivity index (χ0v) is 16.3. The van der Waals surface area contributed by atoms with Crippen LogP contribution in [-0.2, 0) is 4.79 Å². The first kappa shape index (κ1) is 19.8. The first-order valence-corrected chi connectivity index (χ1v) is 9.87. The van der Waals surface area contributed by atoms with Gasteiger partial charge in [0.15, 0.2) is 5.82 Å². The number of nitrogens with one attached hydrogen (secondary N) is 2. The Morgan fingerprint density at radius 2 is 1.83 bits per heavy atom. The first-order chi connectivity index (χ1) is 14.5. The summed E-state index contributed by atoms with van der Waals surface area (Å²) in [7, 11) is 0. The van der Waals surface area contributed by atoms with Crippen LogP contribution in [0.5, 0.6) is 0 Å². The molecule has 1 aromatic carbocycles. The lowest BCUT2D eigenvalue weighted by molar-refractivity contribution is -0.122. The van der Waals surface area contributed by atoms with Gasteiger partial charge in [0.1, 0.15) is 5.69 Å². The number of pyridine rings is 1. The minimum atomic E-state index is -0.527. The van der Waals surface area contributed by atoms with Gasteiger partial charge >= 0.3 is 0 Å². The van der Waals surface area contributed by atoms with Crippen LogP contribution in [0, 0.1) is 11.7 Å². The molecule has 0 saturated heterocycles. The molecule has 1 aliphatic rings. The zero-order valence-electron chi connectivity index (χ0n) is 16.3. The summed E-state index contributed by atoms with van der Waals surface area (Å²) in [6.45, 7) is 0. The molecule has 2 aromatic heterocycles. The molecule has 30 heavy (non-hydrogen) atoms. The van der Waals surface area contributed by atoms with Gasteiger partial charge in [-0.1, -0.05) is 18.2 Å². The molecule has 7 nitrogen and oxygen atoms in total. The van der Waals surface area contributed by atoms with Gasteiger partial charge in [0.2, 0.25) is 17.4 Å². The standard InChI is InChI=1S/C22H22FN5O2/c23-18-12-26-22(27-17-6-4-13(5-7-17)21(24)30)28-20(18)16-3-1-2-14(10-16)15-8-9-25-19(29)11-15/h1-3,8-13,17H,4-7H2,(H2,24,30)(H,25,29)(H,26,27,28). The van der Waals surface area contributed by atoms with Gasteiger partial charge in [0, 0.05) is 29.8 Å². The molecule has 2 heterocycles. The molecule has 0 radical (unpaired) electrons. The molecule has 0 spiro atoms. The van der Waals surface area contributed by atoms with Crippen LogP contribution in [0.3, 0.4) is 0 Å². The van der Waals surface area contributed by atoms with Crippen LogP contribution >= 0.6 is 0 Å². The number of primary amides is 1. The number of aromatic amines is 1. The number of aromatic nitrogens is 3. The van der Waals surface area contributed by atoms with E-state index in [2.05, 4.69) is 20.3 Å². The normalized spacial score (nSPS) is 18.7. The molecule has 1 amide bonds. The third kappa shape index (κ3) is 4.37. The van der Waals surface area contributed by atoms with Crippen molar-refractivity contribution in [3.05, 3.63) is 65.0 Å². The molecule has 0 atom stereocenters. The second kappa shape index (κ2) is 8.44. The van der Waals surface area contributed by atoms with Crippen LogP contribution in [0.15, 0.2) is 53.6 Å². The Morgan fingerprint density at radius 1 is 1.10 bits per heavy atom. The lowest BCUT2D eigenvalue weighted by Crippen LogP contribution is -2.32. The highest BCUT2D eigenvalue weighted by atomic mass is 19.1. The molecule has 1 fully saturated rings. The summed E-state index contributed by atoms with van der Waals surface area (Å²) in [6.07, 6.45) is 5.73. The minimum absolute atomic E-state index is 0.0827. The maximum atomic E-state index is 14.5. The summed E-state index contributed by atoms with van der Waals surface area (Å²) in [6, 6.07) is 10.6. The average Bonchev–Trinajstić information content (AvgIpc) is 2.75. The quantitative estimate of drug-likeness (QED) is 0.601. The van der Waals surface area contributed by atoms with E-state index in [-0.39, 0.29) is 29.1 Å². The van der Waals surface area contributed by atoms with E-state index >= 15 is 0 Å². The van der Waals surface area contributed by atoms with Crippen LogP contribution in [0.25, 0.3) is 22.4 Å². The van der Waals surface area contributed by atoms with Crippen LogP contribution < -0.4 is 16.6 Å². The van der Waals surface area contributed by atoms with Crippen LogP contribution in [0.2, 0.25) is 0 Å². The minimum Gasteiger partial charge on any atom is -0.369 e. The van der Waals surface area contributed by atoms with Gasteiger partial charge in [-0.05, 0) is 48.9 Å². The van der Waals surface area contributed by atoms with E-state index in [0.29, 0.717) is 11.5 Å². The van der Waals surface area contributed by atoms with Crippen molar-refractivity contribution in [1.82, 2.24) is 15.0 Å². The van der Waals surface area contributed by atoms with Crippen LogP contribution in [-0.4, -0.2) is 26.9 Å². The Hall–Kier alpha value is -3.55. The number of halogens is 1. The number of anilines is 1. The maximum Gasteiger partial charge on any atom is 0.248 e. The fourth-order valence-corrected chi connectivity index (χ4v) is 3.81. The Bertz CT molecular complexity index is 1120. The lowest BCUT2D eigenvalue weighted by atomic mass is 9.86. The predicted molar refractivity (Wildman–Crippen MR) is 112 cm³/mol. The zero-order chi connectivity index (χ0) is 21.1. The number of H-pyrrole nitrogens is 1. The van der Waals surface area contributed by atoms with Crippen LogP contribution in [0.4, 0.5) is 10.3 Å². The van der Waals surface area contributed by atoms with E-state index in [1.807, 2.05) is 6.07 Å². The molecular weight excluding hydrogens is 385 g/mol. The first-order valence-electron chi connectivity index (χ1n) is 9.87. The summed E-state index contributed by atoms with van der Waals surface area (Å²) in [5, 5.41) is 3.25. The number of nitrogens with zero attached hydrogens (tertiary/aromatic N) is 2. The maximum absolute atomic E-state index is 14.5. The molecule has 4 rings (SSSR count). The topological polar surface area (TPSA) is 114 Å². The summed E-state index contributed by atoms with van der Waals surface area (Å²) >= 11 is 0. The third-order valence-corrected chi connectivity index (χ3v) is 5.45. The highest BCUT2D eigenvalue weighted by Gasteiger charge is 2.25. The van der Waals surface area contributed by atoms with Gasteiger partial charge in [-0.25, -0.2) is 14.4 Å². The Labute approximate surface area is 172 Å². The second-order valence-electron chi connectivity index (χ2n) is 7.51. The Balaban J connectivity index is 1.56. The van der Waals surface area contributed by atoms with Gasteiger partial charge in [-0.2, -0.15) is 0 Å². The monoisotopic (exact) mass is 407 g/mol. The van der Waals surface area contributed by atoms with Crippen molar-refractivity contribution < 1.29 is 9.18 Å². The van der Waals surface area contributed by atoms with E-state index in [1.165, 1.54) is 6.07 Å². The van der Waals surface area contributed by atoms with Crippen LogP contribution in [0.1, 0.15) is 25.7 Å². The van der Waals surface area contributed by atoms with Crippen molar-refractivity contribution in [2.24, 2.45) is 11.7 Å². The van der Waals surface area contributed by atoms with Crippen molar-refractivity contribution in [3.8, 4) is 22.4 Å². The van der Waals surface area contributed by atoms with E-state index in [4.69, 9.17) is 5.73 Å². The molecule has 3 aromatic rings. The number of hydrogen-bond acceptors (Lipinski definition) is 5. The van der Waals surface area contributed by atoms with Gasteiger partial charge in [0.05, 0.1) is 6.20 Å². The number of amides is 1. The number of hydrogen-bond donors (Lipinski definition) is 3. The van der Waals surface area contributed by atoms with Crippen molar-refractivity contribution in [2.45, 2.75) is 31.7 Å². The summed E-state index contributed by atoms with van der Waals surface area (Å²) in [4.78, 5) is 34.0. The molecule has 4 N–H and O–H groups in total. The molecule has 0 aliphatic heterocycles. The average molecular weight is 407 g/mol. The lowest BCUT2D eigenvalue weighted by Gasteiger charge is -2.27. The Kier molecular flexibility index (Phi) is 5.56. The highest BCUT2D eigenvalue weighted by Crippen LogP contribution is 2.28. The predicted octanol–water partition coefficient (Wildman–Crippen LogP) is 3.09. The molecule has 0 bridgehead atoms. The highest BCUT2D eigenvalue weighted by molar-refractivity contribution is 5.76. The van der Waals surface area contributed by atoms with E-state index < -0.39 is 5.82 Å². The summed E-state index contributed by atoms with van der Waals surface area (Å²) in [5.41, 5.74) is 7.48. The SMILES string of the molecule is NC(=O)C1CCC(Nc2ncc(F)c(-c3cccc(-c4cc[nH]c(=O)c4)c3)n2)CC1. The number of carbonyl (C=O) groups is 1. The number of benzene rings is 1. The number of rotatable bonds is 5. The van der Waals surface area contributed by atoms with Crippen molar-refractivity contribution in [2.75, 3.05) is 5.32 Å². The molecule has 1 saturated carbocycles. The third-order valence-electron chi connectivity index (χ3n) is 5.45. The van der Waals surface area contributed by atoms with E-state index in [1.54, 1.807) is 30.5 Å². The molecule has 1 aliphatic carbocycles. The number of carbonyl (C=O) groups excluding carboxylic acids is 1. The van der Waals surface area contributed by atoms with Crippen molar-refractivity contribution in [3.63, 3.8) is 0 Å². The summed E-state index contributed by atoms with van der Waals surface area (Å²) in [5.74, 6) is -0.522. The van der Waals surface area contributed by atoms with E-state index in [0.717, 1.165) is 43.0 Å². The molecule has 0 unspecified atom stereocenters.